The summed E-state index contributed by atoms with van der Waals surface area (Å²) < 4.78 is 5.36. The lowest BCUT2D eigenvalue weighted by atomic mass is 9.97. The van der Waals surface area contributed by atoms with Crippen molar-refractivity contribution < 1.29 is 14.3 Å². The van der Waals surface area contributed by atoms with Crippen LogP contribution in [0.4, 0.5) is 11.5 Å². The van der Waals surface area contributed by atoms with E-state index in [1.54, 1.807) is 12.4 Å². The molecular formula is C25H26N4O3. The van der Waals surface area contributed by atoms with E-state index in [0.29, 0.717) is 19.0 Å². The Morgan fingerprint density at radius 3 is 2.44 bits per heavy atom. The topological polar surface area (TPSA) is 93.2 Å². The first-order valence-electron chi connectivity index (χ1n) is 11.1. The lowest BCUT2D eigenvalue weighted by molar-refractivity contribution is -0.122. The molecule has 7 heteroatoms. The van der Waals surface area contributed by atoms with E-state index < -0.39 is 0 Å². The monoisotopic (exact) mass is 430 g/mol. The first-order valence-corrected chi connectivity index (χ1v) is 11.1. The van der Waals surface area contributed by atoms with Crippen LogP contribution in [0.3, 0.4) is 0 Å². The molecule has 1 aliphatic heterocycles. The number of fused-ring (bicyclic) bond motifs is 1. The molecule has 1 aromatic carbocycles. The second-order valence-corrected chi connectivity index (χ2v) is 8.63. The van der Waals surface area contributed by atoms with Crippen molar-refractivity contribution in [2.45, 2.75) is 32.6 Å². The minimum Gasteiger partial charge on any atom is -0.381 e. The van der Waals surface area contributed by atoms with Gasteiger partial charge in [0, 0.05) is 48.4 Å². The van der Waals surface area contributed by atoms with Crippen LogP contribution in [0.2, 0.25) is 0 Å². The predicted octanol–water partition coefficient (Wildman–Crippen LogP) is 4.32. The van der Waals surface area contributed by atoms with E-state index in [4.69, 9.17) is 4.74 Å². The van der Waals surface area contributed by atoms with Gasteiger partial charge in [0.05, 0.1) is 11.9 Å². The van der Waals surface area contributed by atoms with Crippen molar-refractivity contribution in [3.8, 4) is 11.1 Å². The normalized spacial score (nSPS) is 16.7. The van der Waals surface area contributed by atoms with Gasteiger partial charge in [-0.25, -0.2) is 4.98 Å². The number of anilines is 2. The number of rotatable bonds is 5. The highest BCUT2D eigenvalue weighted by molar-refractivity contribution is 5.97. The summed E-state index contributed by atoms with van der Waals surface area (Å²) in [6.45, 7) is 3.26. The molecule has 2 aromatic heterocycles. The zero-order valence-corrected chi connectivity index (χ0v) is 18.1. The van der Waals surface area contributed by atoms with Crippen molar-refractivity contribution in [1.82, 2.24) is 9.97 Å². The summed E-state index contributed by atoms with van der Waals surface area (Å²) in [4.78, 5) is 33.4. The number of ether oxygens (including phenoxy) is 1. The van der Waals surface area contributed by atoms with Crippen molar-refractivity contribution in [1.29, 1.82) is 0 Å². The summed E-state index contributed by atoms with van der Waals surface area (Å²) in [5.41, 5.74) is 3.67. The average molecular weight is 431 g/mol. The van der Waals surface area contributed by atoms with Crippen LogP contribution in [0.15, 0.2) is 42.9 Å². The third-order valence-electron chi connectivity index (χ3n) is 6.30. The highest BCUT2D eigenvalue weighted by Crippen LogP contribution is 2.32. The molecule has 0 unspecified atom stereocenters. The molecule has 3 heterocycles. The highest BCUT2D eigenvalue weighted by atomic mass is 16.5. The van der Waals surface area contributed by atoms with Crippen molar-refractivity contribution in [2.24, 2.45) is 11.8 Å². The van der Waals surface area contributed by atoms with E-state index in [1.807, 2.05) is 31.3 Å². The number of carbonyl (C=O) groups is 2. The minimum atomic E-state index is -0.0202. The maximum absolute atomic E-state index is 12.7. The summed E-state index contributed by atoms with van der Waals surface area (Å²) in [5.74, 6) is 0.782. The molecule has 1 saturated carbocycles. The number of amides is 2. The van der Waals surface area contributed by atoms with Crippen LogP contribution in [0.1, 0.15) is 31.2 Å². The third-order valence-corrected chi connectivity index (χ3v) is 6.30. The fraction of sp³-hybridized carbons (Fsp3) is 0.360. The molecule has 2 aliphatic rings. The van der Waals surface area contributed by atoms with Crippen LogP contribution in [0.25, 0.3) is 21.9 Å². The number of hydrogen-bond acceptors (Lipinski definition) is 5. The van der Waals surface area contributed by atoms with E-state index in [2.05, 4.69) is 26.7 Å². The zero-order chi connectivity index (χ0) is 22.1. The van der Waals surface area contributed by atoms with Crippen LogP contribution in [0.5, 0.6) is 0 Å². The molecule has 0 radical (unpaired) electrons. The lowest BCUT2D eigenvalue weighted by Crippen LogP contribution is -2.28. The molecule has 2 amide bonds. The van der Waals surface area contributed by atoms with Crippen molar-refractivity contribution in [3.05, 3.63) is 48.4 Å². The van der Waals surface area contributed by atoms with Gasteiger partial charge in [0.25, 0.3) is 0 Å². The Hall–Kier alpha value is -3.32. The van der Waals surface area contributed by atoms with E-state index in [-0.39, 0.29) is 23.7 Å². The number of nitrogens with zero attached hydrogens (tertiary/aromatic N) is 2. The largest absolute Gasteiger partial charge is 0.381 e. The van der Waals surface area contributed by atoms with E-state index in [0.717, 1.165) is 58.8 Å². The first kappa shape index (κ1) is 20.6. The standard InChI is InChI=1S/C25H26N4O3/c1-15-21(13-26-14-22(15)28-24(30)17-6-8-32-9-7-17)19-5-4-18-11-23(27-12-20(18)10-19)29-25(31)16-2-3-16/h4-5,10-14,16-17H,2-3,6-9H2,1H3,(H,28,30)(H,27,29,31). The Labute approximate surface area is 186 Å². The van der Waals surface area contributed by atoms with Crippen LogP contribution in [0, 0.1) is 18.8 Å². The van der Waals surface area contributed by atoms with Gasteiger partial charge >= 0.3 is 0 Å². The molecule has 1 saturated heterocycles. The van der Waals surface area contributed by atoms with Gasteiger partial charge in [0.15, 0.2) is 0 Å². The van der Waals surface area contributed by atoms with Gasteiger partial charge in [0.1, 0.15) is 5.82 Å². The number of nitrogens with one attached hydrogen (secondary N) is 2. The van der Waals surface area contributed by atoms with E-state index >= 15 is 0 Å². The van der Waals surface area contributed by atoms with Crippen LogP contribution < -0.4 is 10.6 Å². The Morgan fingerprint density at radius 2 is 1.66 bits per heavy atom. The smallest absolute Gasteiger partial charge is 0.228 e. The molecule has 32 heavy (non-hydrogen) atoms. The van der Waals surface area contributed by atoms with Gasteiger partial charge in [0.2, 0.25) is 11.8 Å². The van der Waals surface area contributed by atoms with Gasteiger partial charge in [-0.05, 0) is 61.3 Å². The molecule has 5 rings (SSSR count). The zero-order valence-electron chi connectivity index (χ0n) is 18.1. The molecule has 0 spiro atoms. The number of hydrogen-bond donors (Lipinski definition) is 2. The molecule has 164 valence electrons. The summed E-state index contributed by atoms with van der Waals surface area (Å²) in [7, 11) is 0. The fourth-order valence-corrected chi connectivity index (χ4v) is 4.09. The Bertz CT molecular complexity index is 1180. The second-order valence-electron chi connectivity index (χ2n) is 8.63. The molecule has 3 aromatic rings. The quantitative estimate of drug-likeness (QED) is 0.629. The van der Waals surface area contributed by atoms with Gasteiger partial charge in [-0.2, -0.15) is 0 Å². The Balaban J connectivity index is 1.37. The number of aromatic nitrogens is 2. The maximum Gasteiger partial charge on any atom is 0.228 e. The highest BCUT2D eigenvalue weighted by Gasteiger charge is 2.29. The van der Waals surface area contributed by atoms with E-state index in [9.17, 15) is 9.59 Å². The van der Waals surface area contributed by atoms with Gasteiger partial charge < -0.3 is 15.4 Å². The Kier molecular flexibility index (Phi) is 5.57. The number of pyridine rings is 2. The molecule has 2 N–H and O–H groups in total. The van der Waals surface area contributed by atoms with Gasteiger partial charge in [-0.3, -0.25) is 14.6 Å². The molecule has 7 nitrogen and oxygen atoms in total. The molecular weight excluding hydrogens is 404 g/mol. The molecule has 0 atom stereocenters. The average Bonchev–Trinajstić information content (AvgIpc) is 3.66. The SMILES string of the molecule is Cc1c(NC(=O)C2CCOCC2)cncc1-c1ccc2cc(NC(=O)C3CC3)ncc2c1. The van der Waals surface area contributed by atoms with Gasteiger partial charge in [-0.1, -0.05) is 12.1 Å². The summed E-state index contributed by atoms with van der Waals surface area (Å²) in [6.07, 6.45) is 8.72. The molecule has 1 aliphatic carbocycles. The minimum absolute atomic E-state index is 0.0202. The third kappa shape index (κ3) is 4.34. The summed E-state index contributed by atoms with van der Waals surface area (Å²) in [5, 5.41) is 7.93. The molecule has 2 fully saturated rings. The molecule has 0 bridgehead atoms. The maximum atomic E-state index is 12.7. The summed E-state index contributed by atoms with van der Waals surface area (Å²) in [6, 6.07) is 8.01. The predicted molar refractivity (Wildman–Crippen MR) is 123 cm³/mol. The van der Waals surface area contributed by atoms with Crippen molar-refractivity contribution in [2.75, 3.05) is 23.8 Å². The first-order chi connectivity index (χ1) is 15.6. The van der Waals surface area contributed by atoms with Crippen LogP contribution in [-0.4, -0.2) is 35.0 Å². The Morgan fingerprint density at radius 1 is 0.906 bits per heavy atom. The van der Waals surface area contributed by atoms with E-state index in [1.165, 1.54) is 0 Å². The van der Waals surface area contributed by atoms with Crippen molar-refractivity contribution in [3.63, 3.8) is 0 Å². The fourth-order valence-electron chi connectivity index (χ4n) is 4.09. The van der Waals surface area contributed by atoms with Crippen molar-refractivity contribution >= 4 is 34.1 Å². The second kappa shape index (κ2) is 8.67. The number of carbonyl (C=O) groups excluding carboxylic acids is 2. The number of benzene rings is 1. The van der Waals surface area contributed by atoms with Crippen LogP contribution >= 0.6 is 0 Å². The summed E-state index contributed by atoms with van der Waals surface area (Å²) >= 11 is 0. The van der Waals surface area contributed by atoms with Gasteiger partial charge in [-0.15, -0.1) is 0 Å². The lowest BCUT2D eigenvalue weighted by Gasteiger charge is -2.22. The van der Waals surface area contributed by atoms with Crippen LogP contribution in [-0.2, 0) is 14.3 Å².